The molecular formula is C21H21F3O4. The van der Waals surface area contributed by atoms with E-state index >= 15 is 0 Å². The lowest BCUT2D eigenvalue weighted by atomic mass is 9.76. The summed E-state index contributed by atoms with van der Waals surface area (Å²) in [5, 5.41) is 9.13. The first-order chi connectivity index (χ1) is 13.2. The Hall–Kier alpha value is -2.54. The fourth-order valence-electron chi connectivity index (χ4n) is 3.36. The molecule has 3 rings (SSSR count). The molecule has 0 saturated carbocycles. The second-order valence-corrected chi connectivity index (χ2v) is 7.01. The fraction of sp³-hybridized carbons (Fsp3) is 0.381. The number of benzene rings is 2. The third-order valence-corrected chi connectivity index (χ3v) is 4.95. The van der Waals surface area contributed by atoms with Crippen molar-refractivity contribution in [3.05, 3.63) is 65.2 Å². The average Bonchev–Trinajstić information content (AvgIpc) is 2.62. The molecule has 0 aliphatic carbocycles. The first-order valence-electron chi connectivity index (χ1n) is 8.97. The van der Waals surface area contributed by atoms with Gasteiger partial charge in [0.2, 0.25) is 0 Å². The van der Waals surface area contributed by atoms with E-state index in [-0.39, 0.29) is 6.42 Å². The van der Waals surface area contributed by atoms with Gasteiger partial charge in [0.1, 0.15) is 11.9 Å². The van der Waals surface area contributed by atoms with Crippen LogP contribution in [0.15, 0.2) is 48.5 Å². The van der Waals surface area contributed by atoms with E-state index in [0.717, 1.165) is 17.7 Å². The summed E-state index contributed by atoms with van der Waals surface area (Å²) in [5.41, 5.74) is 0.0648. The maximum absolute atomic E-state index is 13.0. The van der Waals surface area contributed by atoms with Crippen LogP contribution in [0.3, 0.4) is 0 Å². The minimum absolute atomic E-state index is 0.0188. The molecule has 0 amide bonds. The highest BCUT2D eigenvalue weighted by atomic mass is 19.4. The third kappa shape index (κ3) is 4.30. The molecule has 2 aromatic carbocycles. The summed E-state index contributed by atoms with van der Waals surface area (Å²) in [4.78, 5) is 11.1. The minimum Gasteiger partial charge on any atom is -0.486 e. The molecule has 4 nitrogen and oxygen atoms in total. The van der Waals surface area contributed by atoms with Crippen molar-refractivity contribution < 1.29 is 32.5 Å². The Morgan fingerprint density at radius 2 is 1.89 bits per heavy atom. The molecule has 1 aliphatic heterocycles. The predicted molar refractivity (Wildman–Crippen MR) is 96.3 cm³/mol. The van der Waals surface area contributed by atoms with E-state index in [1.807, 2.05) is 6.92 Å². The highest BCUT2D eigenvalue weighted by molar-refractivity contribution is 5.69. The fourth-order valence-corrected chi connectivity index (χ4v) is 3.36. The van der Waals surface area contributed by atoms with Gasteiger partial charge in [-0.15, -0.1) is 0 Å². The summed E-state index contributed by atoms with van der Waals surface area (Å²) >= 11 is 0. The monoisotopic (exact) mass is 394 g/mol. The number of carboxylic acid groups (broad SMARTS) is 1. The highest BCUT2D eigenvalue weighted by Crippen LogP contribution is 2.37. The average molecular weight is 394 g/mol. The van der Waals surface area contributed by atoms with Crippen LogP contribution in [0.4, 0.5) is 13.2 Å². The van der Waals surface area contributed by atoms with Gasteiger partial charge in [0.15, 0.2) is 0 Å². The summed E-state index contributed by atoms with van der Waals surface area (Å²) < 4.78 is 50.0. The zero-order valence-corrected chi connectivity index (χ0v) is 15.3. The quantitative estimate of drug-likeness (QED) is 0.720. The van der Waals surface area contributed by atoms with Crippen molar-refractivity contribution >= 4 is 5.97 Å². The Morgan fingerprint density at radius 1 is 1.21 bits per heavy atom. The van der Waals surface area contributed by atoms with Crippen LogP contribution in [0.5, 0.6) is 5.75 Å². The summed E-state index contributed by atoms with van der Waals surface area (Å²) in [6, 6.07) is 12.1. The Morgan fingerprint density at radius 3 is 2.39 bits per heavy atom. The molecule has 1 heterocycles. The van der Waals surface area contributed by atoms with Crippen LogP contribution in [0.2, 0.25) is 0 Å². The summed E-state index contributed by atoms with van der Waals surface area (Å²) in [6.07, 6.45) is -4.44. The zero-order chi connectivity index (χ0) is 20.4. The third-order valence-electron chi connectivity index (χ3n) is 4.95. The second kappa shape index (κ2) is 7.83. The lowest BCUT2D eigenvalue weighted by Crippen LogP contribution is -2.48. The molecule has 150 valence electrons. The molecule has 0 spiro atoms. The maximum atomic E-state index is 13.0. The van der Waals surface area contributed by atoms with Gasteiger partial charge in [-0.3, -0.25) is 4.79 Å². The van der Waals surface area contributed by atoms with E-state index < -0.39 is 29.2 Å². The van der Waals surface area contributed by atoms with Crippen molar-refractivity contribution in [2.45, 2.75) is 37.5 Å². The molecule has 1 atom stereocenters. The van der Waals surface area contributed by atoms with Gasteiger partial charge >= 0.3 is 12.1 Å². The maximum Gasteiger partial charge on any atom is 0.416 e. The number of hydrogen-bond acceptors (Lipinski definition) is 3. The molecule has 7 heteroatoms. The number of alkyl halides is 3. The van der Waals surface area contributed by atoms with Crippen molar-refractivity contribution in [1.29, 1.82) is 0 Å². The number of carboxylic acids is 1. The topological polar surface area (TPSA) is 55.8 Å². The zero-order valence-electron chi connectivity index (χ0n) is 15.3. The van der Waals surface area contributed by atoms with Gasteiger partial charge in [-0.05, 0) is 41.8 Å². The second-order valence-electron chi connectivity index (χ2n) is 7.01. The van der Waals surface area contributed by atoms with Gasteiger partial charge in [0.25, 0.3) is 0 Å². The van der Waals surface area contributed by atoms with Crippen LogP contribution in [0, 0.1) is 0 Å². The van der Waals surface area contributed by atoms with Crippen LogP contribution >= 0.6 is 0 Å². The van der Waals surface area contributed by atoms with Crippen LogP contribution in [-0.4, -0.2) is 24.3 Å². The normalized spacial score (nSPS) is 16.9. The first-order valence-corrected chi connectivity index (χ1v) is 8.97. The molecule has 1 N–H and O–H groups in total. The number of halogens is 3. The molecule has 1 unspecified atom stereocenters. The van der Waals surface area contributed by atoms with Crippen LogP contribution in [0.25, 0.3) is 0 Å². The van der Waals surface area contributed by atoms with Crippen molar-refractivity contribution in [3.63, 3.8) is 0 Å². The van der Waals surface area contributed by atoms with Crippen molar-refractivity contribution in [1.82, 2.24) is 0 Å². The summed E-state index contributed by atoms with van der Waals surface area (Å²) in [7, 11) is 0. The SMILES string of the molecule is CCC(Oc1ccc(C2(CC(=O)O)COC2)cc1)c1cccc(C(F)(F)F)c1. The molecule has 1 aliphatic rings. The van der Waals surface area contributed by atoms with Crippen molar-refractivity contribution in [2.75, 3.05) is 13.2 Å². The number of hydrogen-bond donors (Lipinski definition) is 1. The molecule has 1 fully saturated rings. The van der Waals surface area contributed by atoms with Gasteiger partial charge < -0.3 is 14.6 Å². The lowest BCUT2D eigenvalue weighted by molar-refractivity contribution is -0.145. The van der Waals surface area contributed by atoms with Gasteiger partial charge in [0, 0.05) is 0 Å². The molecule has 0 aromatic heterocycles. The van der Waals surface area contributed by atoms with E-state index in [0.29, 0.717) is 30.9 Å². The predicted octanol–water partition coefficient (Wildman–Crippen LogP) is 4.98. The molecular weight excluding hydrogens is 373 g/mol. The standard InChI is InChI=1S/C21H21F3O4/c1-2-18(14-4-3-5-16(10-14)21(22,23)24)28-17-8-6-15(7-9-17)20(11-19(25)26)12-27-13-20/h3-10,18H,2,11-13H2,1H3,(H,25,26). The van der Waals surface area contributed by atoms with Gasteiger partial charge in [-0.25, -0.2) is 0 Å². The molecule has 0 bridgehead atoms. The van der Waals surface area contributed by atoms with E-state index in [2.05, 4.69) is 0 Å². The van der Waals surface area contributed by atoms with Crippen molar-refractivity contribution in [3.8, 4) is 5.75 Å². The van der Waals surface area contributed by atoms with E-state index in [9.17, 15) is 18.0 Å². The van der Waals surface area contributed by atoms with Crippen LogP contribution in [-0.2, 0) is 21.1 Å². The van der Waals surface area contributed by atoms with E-state index in [4.69, 9.17) is 14.6 Å². The van der Waals surface area contributed by atoms with Crippen molar-refractivity contribution in [2.24, 2.45) is 0 Å². The Bertz CT molecular complexity index is 826. The van der Waals surface area contributed by atoms with Crippen LogP contribution < -0.4 is 4.74 Å². The Labute approximate surface area is 160 Å². The number of carbonyl (C=O) groups is 1. The molecule has 1 saturated heterocycles. The van der Waals surface area contributed by atoms with E-state index in [1.54, 1.807) is 30.3 Å². The van der Waals surface area contributed by atoms with E-state index in [1.165, 1.54) is 6.07 Å². The van der Waals surface area contributed by atoms with Gasteiger partial charge in [0.05, 0.1) is 30.6 Å². The number of ether oxygens (including phenoxy) is 2. The summed E-state index contributed by atoms with van der Waals surface area (Å²) in [5.74, 6) is -0.377. The number of rotatable bonds is 7. The minimum atomic E-state index is -4.40. The summed E-state index contributed by atoms with van der Waals surface area (Å²) in [6.45, 7) is 2.54. The smallest absolute Gasteiger partial charge is 0.416 e. The molecule has 28 heavy (non-hydrogen) atoms. The highest BCUT2D eigenvalue weighted by Gasteiger charge is 2.42. The lowest BCUT2D eigenvalue weighted by Gasteiger charge is -2.40. The molecule has 2 aromatic rings. The largest absolute Gasteiger partial charge is 0.486 e. The Kier molecular flexibility index (Phi) is 5.65. The number of aliphatic carboxylic acids is 1. The Balaban J connectivity index is 1.76. The van der Waals surface area contributed by atoms with Gasteiger partial charge in [-0.2, -0.15) is 13.2 Å². The first kappa shape index (κ1) is 20.2. The molecule has 0 radical (unpaired) electrons. The van der Waals surface area contributed by atoms with Gasteiger partial charge in [-0.1, -0.05) is 31.2 Å². The van der Waals surface area contributed by atoms with Crippen LogP contribution in [0.1, 0.15) is 42.6 Å².